The summed E-state index contributed by atoms with van der Waals surface area (Å²) in [6, 6.07) is 0. The Balaban J connectivity index is 2.31. The minimum atomic E-state index is 0.258. The summed E-state index contributed by atoms with van der Waals surface area (Å²) in [5.74, 6) is 0.258. The van der Waals surface area contributed by atoms with Crippen molar-refractivity contribution >= 4 is 5.91 Å². The van der Waals surface area contributed by atoms with Gasteiger partial charge >= 0.3 is 0 Å². The molecule has 0 N–H and O–H groups in total. The van der Waals surface area contributed by atoms with Gasteiger partial charge in [-0.05, 0) is 20.8 Å². The number of amides is 1. The van der Waals surface area contributed by atoms with Crippen molar-refractivity contribution in [1.29, 1.82) is 0 Å². The Hall–Kier alpha value is -0.870. The maximum Gasteiger partial charge on any atom is 0.236 e. The van der Waals surface area contributed by atoms with Gasteiger partial charge in [0.15, 0.2) is 0 Å². The fourth-order valence-corrected chi connectivity index (χ4v) is 2.35. The summed E-state index contributed by atoms with van der Waals surface area (Å²) in [4.78, 5) is 18.6. The largest absolute Gasteiger partial charge is 0.342 e. The van der Waals surface area contributed by atoms with Gasteiger partial charge in [0.1, 0.15) is 0 Å². The minimum absolute atomic E-state index is 0.258. The van der Waals surface area contributed by atoms with Crippen LogP contribution in [0.25, 0.3) is 0 Å². The van der Waals surface area contributed by atoms with Crippen molar-refractivity contribution in [2.24, 2.45) is 0 Å². The highest BCUT2D eigenvalue weighted by Gasteiger charge is 2.20. The number of likely N-dealkylation sites (N-methyl/N-ethyl adjacent to an activating group) is 1. The third-order valence-corrected chi connectivity index (χ3v) is 3.43. The highest BCUT2D eigenvalue weighted by molar-refractivity contribution is 5.78. The Kier molecular flexibility index (Phi) is 6.36. The molecule has 4 nitrogen and oxygen atoms in total. The predicted molar refractivity (Wildman–Crippen MR) is 75.6 cm³/mol. The first-order valence-corrected chi connectivity index (χ1v) is 6.93. The molecule has 104 valence electrons. The summed E-state index contributed by atoms with van der Waals surface area (Å²) in [5, 5.41) is 0. The third kappa shape index (κ3) is 4.78. The number of nitrogens with zero attached hydrogens (tertiary/aromatic N) is 3. The van der Waals surface area contributed by atoms with Crippen LogP contribution in [-0.4, -0.2) is 73.0 Å². The van der Waals surface area contributed by atoms with Crippen LogP contribution in [0, 0.1) is 0 Å². The van der Waals surface area contributed by atoms with Crippen molar-refractivity contribution in [3.8, 4) is 0 Å². The number of hydrogen-bond acceptors (Lipinski definition) is 3. The Bertz CT molecular complexity index is 279. The van der Waals surface area contributed by atoms with Gasteiger partial charge in [-0.2, -0.15) is 0 Å². The molecule has 0 spiro atoms. The van der Waals surface area contributed by atoms with Crippen molar-refractivity contribution in [2.75, 3.05) is 52.4 Å². The van der Waals surface area contributed by atoms with E-state index in [4.69, 9.17) is 0 Å². The van der Waals surface area contributed by atoms with E-state index in [0.717, 1.165) is 45.8 Å². The molecule has 1 heterocycles. The van der Waals surface area contributed by atoms with Gasteiger partial charge in [0.05, 0.1) is 6.54 Å². The molecule has 1 aliphatic rings. The maximum atomic E-state index is 12.0. The molecule has 0 aromatic heterocycles. The van der Waals surface area contributed by atoms with E-state index in [1.165, 1.54) is 5.57 Å². The molecule has 0 radical (unpaired) electrons. The average Bonchev–Trinajstić information content (AvgIpc) is 2.32. The topological polar surface area (TPSA) is 26.8 Å². The summed E-state index contributed by atoms with van der Waals surface area (Å²) in [6.45, 7) is 17.3. The quantitative estimate of drug-likeness (QED) is 0.662. The number of piperazine rings is 1. The molecule has 18 heavy (non-hydrogen) atoms. The van der Waals surface area contributed by atoms with E-state index >= 15 is 0 Å². The number of hydrogen-bond donors (Lipinski definition) is 0. The lowest BCUT2D eigenvalue weighted by atomic mass is 10.2. The monoisotopic (exact) mass is 253 g/mol. The standard InChI is InChI=1S/C14H27N3O/c1-5-17(6-2)14(18)12-16-9-7-15(8-10-16)11-13(3)4/h3,5-12H2,1-2,4H3. The summed E-state index contributed by atoms with van der Waals surface area (Å²) >= 11 is 0. The summed E-state index contributed by atoms with van der Waals surface area (Å²) in [5.41, 5.74) is 1.21. The SMILES string of the molecule is C=C(C)CN1CCN(CC(=O)N(CC)CC)CC1. The van der Waals surface area contributed by atoms with E-state index in [2.05, 4.69) is 23.3 Å². The lowest BCUT2D eigenvalue weighted by Gasteiger charge is -2.35. The predicted octanol–water partition coefficient (Wildman–Crippen LogP) is 1.05. The molecule has 1 fully saturated rings. The maximum absolute atomic E-state index is 12.0. The molecule has 0 aromatic rings. The fraction of sp³-hybridized carbons (Fsp3) is 0.786. The molecular weight excluding hydrogens is 226 g/mol. The first-order valence-electron chi connectivity index (χ1n) is 6.93. The summed E-state index contributed by atoms with van der Waals surface area (Å²) in [7, 11) is 0. The van der Waals surface area contributed by atoms with Gasteiger partial charge < -0.3 is 4.90 Å². The van der Waals surface area contributed by atoms with Gasteiger partial charge in [-0.3, -0.25) is 14.6 Å². The van der Waals surface area contributed by atoms with Crippen LogP contribution in [0.5, 0.6) is 0 Å². The zero-order valence-corrected chi connectivity index (χ0v) is 12.1. The van der Waals surface area contributed by atoms with E-state index in [-0.39, 0.29) is 5.91 Å². The van der Waals surface area contributed by atoms with Crippen molar-refractivity contribution in [3.05, 3.63) is 12.2 Å². The molecule has 0 bridgehead atoms. The van der Waals surface area contributed by atoms with Gasteiger partial charge in [0.2, 0.25) is 5.91 Å². The molecule has 1 rings (SSSR count). The lowest BCUT2D eigenvalue weighted by Crippen LogP contribution is -2.50. The van der Waals surface area contributed by atoms with E-state index in [1.807, 2.05) is 18.7 Å². The van der Waals surface area contributed by atoms with Crippen LogP contribution in [0.4, 0.5) is 0 Å². The van der Waals surface area contributed by atoms with Gasteiger partial charge in [0, 0.05) is 45.8 Å². The van der Waals surface area contributed by atoms with Crippen LogP contribution in [0.15, 0.2) is 12.2 Å². The molecule has 0 unspecified atom stereocenters. The van der Waals surface area contributed by atoms with E-state index in [9.17, 15) is 4.79 Å². The molecule has 1 saturated heterocycles. The van der Waals surface area contributed by atoms with Gasteiger partial charge in [-0.15, -0.1) is 0 Å². The Morgan fingerprint density at radius 3 is 1.89 bits per heavy atom. The zero-order valence-electron chi connectivity index (χ0n) is 12.1. The van der Waals surface area contributed by atoms with Crippen molar-refractivity contribution < 1.29 is 4.79 Å². The van der Waals surface area contributed by atoms with Crippen molar-refractivity contribution in [2.45, 2.75) is 20.8 Å². The van der Waals surface area contributed by atoms with Crippen LogP contribution in [0.1, 0.15) is 20.8 Å². The molecule has 1 amide bonds. The highest BCUT2D eigenvalue weighted by atomic mass is 16.2. The van der Waals surface area contributed by atoms with E-state index < -0.39 is 0 Å². The second-order valence-corrected chi connectivity index (χ2v) is 5.08. The first-order chi connectivity index (χ1) is 8.56. The normalized spacial score (nSPS) is 17.7. The van der Waals surface area contributed by atoms with Gasteiger partial charge in [-0.25, -0.2) is 0 Å². The smallest absolute Gasteiger partial charge is 0.236 e. The molecule has 0 aromatic carbocycles. The average molecular weight is 253 g/mol. The number of rotatable bonds is 6. The Labute approximate surface area is 111 Å². The zero-order chi connectivity index (χ0) is 13.5. The third-order valence-electron chi connectivity index (χ3n) is 3.43. The van der Waals surface area contributed by atoms with Crippen molar-refractivity contribution in [1.82, 2.24) is 14.7 Å². The van der Waals surface area contributed by atoms with Crippen LogP contribution in [0.2, 0.25) is 0 Å². The Morgan fingerprint density at radius 2 is 1.50 bits per heavy atom. The van der Waals surface area contributed by atoms with Gasteiger partial charge in [-0.1, -0.05) is 12.2 Å². The summed E-state index contributed by atoms with van der Waals surface area (Å²) in [6.07, 6.45) is 0. The number of carbonyl (C=O) groups is 1. The molecular formula is C14H27N3O. The lowest BCUT2D eigenvalue weighted by molar-refractivity contribution is -0.132. The molecule has 0 atom stereocenters. The van der Waals surface area contributed by atoms with E-state index in [1.54, 1.807) is 0 Å². The van der Waals surface area contributed by atoms with Crippen molar-refractivity contribution in [3.63, 3.8) is 0 Å². The molecule has 4 heteroatoms. The van der Waals surface area contributed by atoms with Crippen LogP contribution in [0.3, 0.4) is 0 Å². The Morgan fingerprint density at radius 1 is 1.06 bits per heavy atom. The number of carbonyl (C=O) groups excluding carboxylic acids is 1. The first kappa shape index (κ1) is 15.2. The second-order valence-electron chi connectivity index (χ2n) is 5.08. The second kappa shape index (κ2) is 7.54. The van der Waals surface area contributed by atoms with Gasteiger partial charge in [0.25, 0.3) is 0 Å². The van der Waals surface area contributed by atoms with Crippen LogP contribution < -0.4 is 0 Å². The molecule has 1 aliphatic heterocycles. The van der Waals surface area contributed by atoms with E-state index in [0.29, 0.717) is 6.54 Å². The van der Waals surface area contributed by atoms with Crippen LogP contribution >= 0.6 is 0 Å². The fourth-order valence-electron chi connectivity index (χ4n) is 2.35. The van der Waals surface area contributed by atoms with Crippen LogP contribution in [-0.2, 0) is 4.79 Å². The molecule has 0 saturated carbocycles. The summed E-state index contributed by atoms with van der Waals surface area (Å²) < 4.78 is 0. The minimum Gasteiger partial charge on any atom is -0.342 e. The highest BCUT2D eigenvalue weighted by Crippen LogP contribution is 2.04. The molecule has 0 aliphatic carbocycles.